The van der Waals surface area contributed by atoms with Crippen molar-refractivity contribution in [3.05, 3.63) is 96.2 Å². The van der Waals surface area contributed by atoms with E-state index in [1.807, 2.05) is 77.6 Å². The molecule has 1 saturated heterocycles. The number of aromatic nitrogens is 2. The fraction of sp³-hybridized carbons (Fsp3) is 0.160. The van der Waals surface area contributed by atoms with E-state index in [2.05, 4.69) is 10.4 Å². The molecule has 1 unspecified atom stereocenters. The molecule has 2 amide bonds. The highest BCUT2D eigenvalue weighted by Gasteiger charge is 2.50. The highest BCUT2D eigenvalue weighted by atomic mass is 16.6. The van der Waals surface area contributed by atoms with Gasteiger partial charge in [0, 0.05) is 23.6 Å². The third kappa shape index (κ3) is 3.80. The SMILES string of the molecule is O=C1NC(=O)C(Cc2ccc(OCCn3cc4ccccc4n3)cc2)(c2ccccc2)O1. The van der Waals surface area contributed by atoms with E-state index in [-0.39, 0.29) is 6.42 Å². The highest BCUT2D eigenvalue weighted by molar-refractivity contribution is 6.03. The van der Waals surface area contributed by atoms with Gasteiger partial charge in [0.05, 0.1) is 12.1 Å². The molecular formula is C25H21N3O4. The summed E-state index contributed by atoms with van der Waals surface area (Å²) < 4.78 is 13.2. The number of carbonyl (C=O) groups excluding carboxylic acids is 2. The Hall–Kier alpha value is -4.13. The van der Waals surface area contributed by atoms with Crippen molar-refractivity contribution < 1.29 is 19.1 Å². The van der Waals surface area contributed by atoms with Gasteiger partial charge in [-0.25, -0.2) is 4.79 Å². The molecule has 7 heteroatoms. The molecule has 1 N–H and O–H groups in total. The number of hydrogen-bond acceptors (Lipinski definition) is 5. The summed E-state index contributed by atoms with van der Waals surface area (Å²) >= 11 is 0. The molecule has 5 rings (SSSR count). The number of rotatable bonds is 7. The lowest BCUT2D eigenvalue weighted by molar-refractivity contribution is -0.132. The molecule has 4 aromatic rings. The van der Waals surface area contributed by atoms with Crippen LogP contribution in [0.3, 0.4) is 0 Å². The number of ether oxygens (including phenoxy) is 2. The zero-order valence-corrected chi connectivity index (χ0v) is 17.2. The molecule has 0 saturated carbocycles. The van der Waals surface area contributed by atoms with E-state index in [9.17, 15) is 9.59 Å². The summed E-state index contributed by atoms with van der Waals surface area (Å²) in [5, 5.41) is 7.88. The van der Waals surface area contributed by atoms with Crippen molar-refractivity contribution in [3.63, 3.8) is 0 Å². The van der Waals surface area contributed by atoms with Crippen molar-refractivity contribution in [1.29, 1.82) is 0 Å². The Morgan fingerprint density at radius 1 is 0.938 bits per heavy atom. The lowest BCUT2D eigenvalue weighted by atomic mass is 9.86. The fourth-order valence-corrected chi connectivity index (χ4v) is 3.92. The zero-order valence-electron chi connectivity index (χ0n) is 17.2. The fourth-order valence-electron chi connectivity index (χ4n) is 3.92. The molecule has 0 bridgehead atoms. The second-order valence-corrected chi connectivity index (χ2v) is 7.66. The topological polar surface area (TPSA) is 82.5 Å². The van der Waals surface area contributed by atoms with Crippen molar-refractivity contribution in [1.82, 2.24) is 15.1 Å². The molecule has 0 spiro atoms. The number of cyclic esters (lactones) is 1. The third-order valence-electron chi connectivity index (χ3n) is 5.52. The van der Waals surface area contributed by atoms with Crippen LogP contribution in [0.1, 0.15) is 11.1 Å². The summed E-state index contributed by atoms with van der Waals surface area (Å²) in [6.07, 6.45) is 1.50. The van der Waals surface area contributed by atoms with E-state index >= 15 is 0 Å². The minimum absolute atomic E-state index is 0.231. The largest absolute Gasteiger partial charge is 0.492 e. The number of fused-ring (bicyclic) bond motifs is 1. The number of nitrogens with one attached hydrogen (secondary N) is 1. The first-order valence-corrected chi connectivity index (χ1v) is 10.4. The van der Waals surface area contributed by atoms with Gasteiger partial charge in [0.2, 0.25) is 5.60 Å². The van der Waals surface area contributed by atoms with Crippen LogP contribution in [0.15, 0.2) is 85.1 Å². The maximum absolute atomic E-state index is 12.6. The molecule has 0 aliphatic carbocycles. The Morgan fingerprint density at radius 3 is 2.41 bits per heavy atom. The average Bonchev–Trinajstić information content (AvgIpc) is 3.35. The number of amides is 2. The van der Waals surface area contributed by atoms with Crippen LogP contribution >= 0.6 is 0 Å². The van der Waals surface area contributed by atoms with Gasteiger partial charge in [-0.3, -0.25) is 14.8 Å². The minimum atomic E-state index is -1.37. The van der Waals surface area contributed by atoms with E-state index in [0.29, 0.717) is 24.5 Å². The van der Waals surface area contributed by atoms with Crippen LogP contribution < -0.4 is 10.1 Å². The Morgan fingerprint density at radius 2 is 1.69 bits per heavy atom. The Balaban J connectivity index is 1.25. The lowest BCUT2D eigenvalue weighted by Gasteiger charge is -2.25. The number of hydrogen-bond donors (Lipinski definition) is 1. The van der Waals surface area contributed by atoms with E-state index in [1.165, 1.54) is 0 Å². The second kappa shape index (κ2) is 8.19. The maximum atomic E-state index is 12.6. The number of alkyl carbamates (subject to hydrolysis) is 1. The summed E-state index contributed by atoms with van der Waals surface area (Å²) in [4.78, 5) is 24.4. The Labute approximate surface area is 184 Å². The number of carbonyl (C=O) groups is 2. The van der Waals surface area contributed by atoms with Gasteiger partial charge in [-0.1, -0.05) is 60.7 Å². The normalized spacial score (nSPS) is 17.9. The van der Waals surface area contributed by atoms with Crippen molar-refractivity contribution in [2.24, 2.45) is 0 Å². The standard InChI is InChI=1S/C25H21N3O4/c29-23-25(32-24(30)26-23,20-7-2-1-3-8-20)16-18-10-12-21(13-11-18)31-15-14-28-17-19-6-4-5-9-22(19)27-28/h1-13,17H,14-16H2,(H,26,29,30). The number of imide groups is 1. The van der Waals surface area contributed by atoms with Crippen LogP contribution in [0.2, 0.25) is 0 Å². The van der Waals surface area contributed by atoms with Crippen LogP contribution in [0.25, 0.3) is 10.9 Å². The van der Waals surface area contributed by atoms with Crippen LogP contribution in [-0.4, -0.2) is 28.4 Å². The van der Waals surface area contributed by atoms with E-state index < -0.39 is 17.6 Å². The van der Waals surface area contributed by atoms with Gasteiger partial charge in [0.1, 0.15) is 12.4 Å². The molecular weight excluding hydrogens is 406 g/mol. The van der Waals surface area contributed by atoms with Gasteiger partial charge in [0.25, 0.3) is 5.91 Å². The monoisotopic (exact) mass is 427 g/mol. The van der Waals surface area contributed by atoms with Gasteiger partial charge < -0.3 is 9.47 Å². The van der Waals surface area contributed by atoms with Gasteiger partial charge in [-0.15, -0.1) is 0 Å². The molecule has 160 valence electrons. The summed E-state index contributed by atoms with van der Waals surface area (Å²) in [5.41, 5.74) is 1.07. The first-order valence-electron chi connectivity index (χ1n) is 10.4. The predicted octanol–water partition coefficient (Wildman–Crippen LogP) is 3.82. The summed E-state index contributed by atoms with van der Waals surface area (Å²) in [6.45, 7) is 1.10. The molecule has 3 aromatic carbocycles. The quantitative estimate of drug-likeness (QED) is 0.485. The predicted molar refractivity (Wildman–Crippen MR) is 118 cm³/mol. The van der Waals surface area contributed by atoms with Crippen LogP contribution in [0.5, 0.6) is 5.75 Å². The molecule has 0 radical (unpaired) electrons. The van der Waals surface area contributed by atoms with Crippen LogP contribution in [0, 0.1) is 0 Å². The van der Waals surface area contributed by atoms with Crippen molar-refractivity contribution in [3.8, 4) is 5.75 Å². The lowest BCUT2D eigenvalue weighted by Crippen LogP contribution is -2.38. The molecule has 1 aliphatic heterocycles. The van der Waals surface area contributed by atoms with Gasteiger partial charge in [-0.05, 0) is 23.8 Å². The molecule has 32 heavy (non-hydrogen) atoms. The van der Waals surface area contributed by atoms with Gasteiger partial charge in [-0.2, -0.15) is 5.10 Å². The molecule has 1 fully saturated rings. The number of benzene rings is 3. The second-order valence-electron chi connectivity index (χ2n) is 7.66. The molecule has 7 nitrogen and oxygen atoms in total. The summed E-state index contributed by atoms with van der Waals surface area (Å²) in [6, 6.07) is 24.5. The first kappa shape index (κ1) is 19.8. The Bertz CT molecular complexity index is 1230. The van der Waals surface area contributed by atoms with Gasteiger partial charge in [0.15, 0.2) is 0 Å². The third-order valence-corrected chi connectivity index (χ3v) is 5.52. The molecule has 1 aromatic heterocycles. The van der Waals surface area contributed by atoms with Crippen molar-refractivity contribution in [2.45, 2.75) is 18.6 Å². The van der Waals surface area contributed by atoms with Gasteiger partial charge >= 0.3 is 6.09 Å². The van der Waals surface area contributed by atoms with Crippen molar-refractivity contribution in [2.75, 3.05) is 6.61 Å². The first-order chi connectivity index (χ1) is 15.6. The van der Waals surface area contributed by atoms with E-state index in [1.54, 1.807) is 12.1 Å². The zero-order chi connectivity index (χ0) is 22.0. The van der Waals surface area contributed by atoms with Crippen LogP contribution in [-0.2, 0) is 28.1 Å². The summed E-state index contributed by atoms with van der Waals surface area (Å²) in [7, 11) is 0. The molecule has 2 heterocycles. The minimum Gasteiger partial charge on any atom is -0.492 e. The molecule has 1 atom stereocenters. The summed E-state index contributed by atoms with van der Waals surface area (Å²) in [5.74, 6) is 0.257. The number of nitrogens with zero attached hydrogens (tertiary/aromatic N) is 2. The highest BCUT2D eigenvalue weighted by Crippen LogP contribution is 2.34. The van der Waals surface area contributed by atoms with Crippen LogP contribution in [0.4, 0.5) is 4.79 Å². The van der Waals surface area contributed by atoms with E-state index in [4.69, 9.17) is 9.47 Å². The Kier molecular flexibility index (Phi) is 5.07. The maximum Gasteiger partial charge on any atom is 0.415 e. The van der Waals surface area contributed by atoms with E-state index in [0.717, 1.165) is 16.5 Å². The average molecular weight is 427 g/mol. The smallest absolute Gasteiger partial charge is 0.415 e. The van der Waals surface area contributed by atoms with Crippen molar-refractivity contribution >= 4 is 22.9 Å². The molecule has 1 aliphatic rings.